The van der Waals surface area contributed by atoms with Crippen LogP contribution in [0.1, 0.15) is 28.8 Å². The van der Waals surface area contributed by atoms with E-state index in [1.54, 1.807) is 30.5 Å². The quantitative estimate of drug-likeness (QED) is 0.562. The summed E-state index contributed by atoms with van der Waals surface area (Å²) in [7, 11) is -3.48. The Hall–Kier alpha value is -3.17. The average Bonchev–Trinajstić information content (AvgIpc) is 3.57. The van der Waals surface area contributed by atoms with Crippen LogP contribution in [0.2, 0.25) is 0 Å². The van der Waals surface area contributed by atoms with Gasteiger partial charge in [0.2, 0.25) is 16.0 Å². The van der Waals surface area contributed by atoms with Gasteiger partial charge in [0, 0.05) is 62.9 Å². The van der Waals surface area contributed by atoms with E-state index in [4.69, 9.17) is 0 Å². The zero-order valence-electron chi connectivity index (χ0n) is 19.3. The van der Waals surface area contributed by atoms with Gasteiger partial charge >= 0.3 is 0 Å². The molecule has 0 spiro atoms. The van der Waals surface area contributed by atoms with E-state index in [1.165, 1.54) is 9.87 Å². The molecule has 1 amide bonds. The standard InChI is InChI=1S/C25H29N5O3S/c1-20-4-8-22(9-5-20)30-15-12-26-25(30)28-18-16-27(17-19-28)24(31)21-6-10-23(11-7-21)34(32,33)29-13-2-3-14-29/h4-12,15H,2-3,13-14,16-19H2,1H3. The molecule has 178 valence electrons. The normalized spacial score (nSPS) is 17.3. The Bertz CT molecular complexity index is 1250. The van der Waals surface area contributed by atoms with Gasteiger partial charge in [0.25, 0.3) is 5.91 Å². The summed E-state index contributed by atoms with van der Waals surface area (Å²) in [4.78, 5) is 21.9. The smallest absolute Gasteiger partial charge is 0.253 e. The molecule has 2 aliphatic rings. The lowest BCUT2D eigenvalue weighted by Crippen LogP contribution is -2.49. The number of amides is 1. The second-order valence-electron chi connectivity index (χ2n) is 8.85. The van der Waals surface area contributed by atoms with Crippen LogP contribution in [0.25, 0.3) is 5.69 Å². The van der Waals surface area contributed by atoms with Crippen LogP contribution in [0.15, 0.2) is 65.8 Å². The Kier molecular flexibility index (Phi) is 6.14. The Morgan fingerprint density at radius 1 is 0.853 bits per heavy atom. The topological polar surface area (TPSA) is 78.8 Å². The number of hydrogen-bond donors (Lipinski definition) is 0. The molecular weight excluding hydrogens is 450 g/mol. The van der Waals surface area contributed by atoms with Gasteiger partial charge in [-0.2, -0.15) is 4.31 Å². The van der Waals surface area contributed by atoms with Crippen LogP contribution in [0.3, 0.4) is 0 Å². The van der Waals surface area contributed by atoms with E-state index in [2.05, 4.69) is 45.6 Å². The minimum atomic E-state index is -3.48. The zero-order valence-corrected chi connectivity index (χ0v) is 20.1. The van der Waals surface area contributed by atoms with Gasteiger partial charge in [-0.25, -0.2) is 13.4 Å². The molecule has 34 heavy (non-hydrogen) atoms. The summed E-state index contributed by atoms with van der Waals surface area (Å²) in [6.07, 6.45) is 5.54. The summed E-state index contributed by atoms with van der Waals surface area (Å²) < 4.78 is 29.0. The van der Waals surface area contributed by atoms with Crippen molar-refractivity contribution in [2.75, 3.05) is 44.2 Å². The summed E-state index contributed by atoms with van der Waals surface area (Å²) in [5.74, 6) is 0.791. The Labute approximate surface area is 200 Å². The predicted octanol–water partition coefficient (Wildman–Crippen LogP) is 2.93. The molecule has 0 radical (unpaired) electrons. The molecule has 2 aromatic carbocycles. The summed E-state index contributed by atoms with van der Waals surface area (Å²) >= 11 is 0. The SMILES string of the molecule is Cc1ccc(-n2ccnc2N2CCN(C(=O)c3ccc(S(=O)(=O)N4CCCC4)cc3)CC2)cc1. The lowest BCUT2D eigenvalue weighted by molar-refractivity contribution is 0.0746. The van der Waals surface area contributed by atoms with Crippen LogP contribution in [0.4, 0.5) is 5.95 Å². The molecule has 0 saturated carbocycles. The van der Waals surface area contributed by atoms with Gasteiger partial charge < -0.3 is 9.80 Å². The Balaban J connectivity index is 1.24. The maximum absolute atomic E-state index is 13.1. The molecule has 1 aromatic heterocycles. The van der Waals surface area contributed by atoms with Crippen LogP contribution in [0, 0.1) is 6.92 Å². The highest BCUT2D eigenvalue weighted by Crippen LogP contribution is 2.23. The number of benzene rings is 2. The van der Waals surface area contributed by atoms with E-state index in [0.29, 0.717) is 44.8 Å². The van der Waals surface area contributed by atoms with Crippen LogP contribution in [0.5, 0.6) is 0 Å². The molecule has 0 atom stereocenters. The third-order valence-electron chi connectivity index (χ3n) is 6.59. The van der Waals surface area contributed by atoms with Crippen molar-refractivity contribution in [1.82, 2.24) is 18.8 Å². The molecule has 0 unspecified atom stereocenters. The molecule has 3 aromatic rings. The van der Waals surface area contributed by atoms with Gasteiger partial charge in [-0.3, -0.25) is 9.36 Å². The highest BCUT2D eigenvalue weighted by Gasteiger charge is 2.28. The fourth-order valence-electron chi connectivity index (χ4n) is 4.58. The lowest BCUT2D eigenvalue weighted by atomic mass is 10.2. The Morgan fingerprint density at radius 3 is 2.15 bits per heavy atom. The minimum Gasteiger partial charge on any atom is -0.338 e. The van der Waals surface area contributed by atoms with Gasteiger partial charge in [-0.15, -0.1) is 0 Å². The van der Waals surface area contributed by atoms with Gasteiger partial charge in [0.05, 0.1) is 4.90 Å². The number of piperazine rings is 1. The van der Waals surface area contributed by atoms with Gasteiger partial charge in [-0.05, 0) is 56.2 Å². The number of carbonyl (C=O) groups is 1. The second kappa shape index (κ2) is 9.23. The summed E-state index contributed by atoms with van der Waals surface area (Å²) in [6, 6.07) is 14.7. The molecule has 2 fully saturated rings. The van der Waals surface area contributed by atoms with Gasteiger partial charge in [0.15, 0.2) is 0 Å². The molecule has 9 heteroatoms. The third-order valence-corrected chi connectivity index (χ3v) is 8.50. The van der Waals surface area contributed by atoms with E-state index in [0.717, 1.165) is 24.5 Å². The summed E-state index contributed by atoms with van der Waals surface area (Å²) in [5, 5.41) is 0. The van der Waals surface area contributed by atoms with E-state index in [1.807, 2.05) is 11.1 Å². The molecule has 2 saturated heterocycles. The van der Waals surface area contributed by atoms with Crippen LogP contribution >= 0.6 is 0 Å². The van der Waals surface area contributed by atoms with Crippen LogP contribution in [-0.4, -0.2) is 72.3 Å². The molecule has 5 rings (SSSR count). The number of rotatable bonds is 5. The molecule has 0 N–H and O–H groups in total. The first-order valence-corrected chi connectivity index (χ1v) is 13.1. The summed E-state index contributed by atoms with van der Waals surface area (Å²) in [6.45, 7) is 5.70. The number of imidazole rings is 1. The van der Waals surface area contributed by atoms with Crippen molar-refractivity contribution < 1.29 is 13.2 Å². The number of carbonyl (C=O) groups excluding carboxylic acids is 1. The molecule has 2 aliphatic heterocycles. The Morgan fingerprint density at radius 2 is 1.50 bits per heavy atom. The largest absolute Gasteiger partial charge is 0.338 e. The summed E-state index contributed by atoms with van der Waals surface area (Å²) in [5.41, 5.74) is 2.77. The molecule has 0 aliphatic carbocycles. The van der Waals surface area contributed by atoms with Crippen LogP contribution < -0.4 is 4.90 Å². The minimum absolute atomic E-state index is 0.0772. The second-order valence-corrected chi connectivity index (χ2v) is 10.8. The molecule has 0 bridgehead atoms. The maximum Gasteiger partial charge on any atom is 0.253 e. The third kappa shape index (κ3) is 4.33. The van der Waals surface area contributed by atoms with Gasteiger partial charge in [0.1, 0.15) is 0 Å². The van der Waals surface area contributed by atoms with Crippen molar-refractivity contribution in [1.29, 1.82) is 0 Å². The van der Waals surface area contributed by atoms with Crippen molar-refractivity contribution in [3.8, 4) is 5.69 Å². The monoisotopic (exact) mass is 479 g/mol. The van der Waals surface area contributed by atoms with E-state index >= 15 is 0 Å². The van der Waals surface area contributed by atoms with Crippen LogP contribution in [-0.2, 0) is 10.0 Å². The first kappa shape index (κ1) is 22.6. The van der Waals surface area contributed by atoms with Gasteiger partial charge in [-0.1, -0.05) is 17.7 Å². The van der Waals surface area contributed by atoms with Crippen molar-refractivity contribution >= 4 is 21.9 Å². The van der Waals surface area contributed by atoms with Crippen molar-refractivity contribution in [2.24, 2.45) is 0 Å². The highest BCUT2D eigenvalue weighted by molar-refractivity contribution is 7.89. The van der Waals surface area contributed by atoms with E-state index in [9.17, 15) is 13.2 Å². The van der Waals surface area contributed by atoms with Crippen molar-refractivity contribution in [3.63, 3.8) is 0 Å². The molecule has 8 nitrogen and oxygen atoms in total. The number of hydrogen-bond acceptors (Lipinski definition) is 5. The fraction of sp³-hybridized carbons (Fsp3) is 0.360. The molecule has 3 heterocycles. The van der Waals surface area contributed by atoms with Crippen molar-refractivity contribution in [3.05, 3.63) is 72.1 Å². The first-order chi connectivity index (χ1) is 16.4. The highest BCUT2D eigenvalue weighted by atomic mass is 32.2. The van der Waals surface area contributed by atoms with E-state index in [-0.39, 0.29) is 10.8 Å². The predicted molar refractivity (Wildman–Crippen MR) is 131 cm³/mol. The number of anilines is 1. The van der Waals surface area contributed by atoms with Crippen molar-refractivity contribution in [2.45, 2.75) is 24.7 Å². The lowest BCUT2D eigenvalue weighted by Gasteiger charge is -2.35. The first-order valence-electron chi connectivity index (χ1n) is 11.7. The fourth-order valence-corrected chi connectivity index (χ4v) is 6.09. The maximum atomic E-state index is 13.1. The molecular formula is C25H29N5O3S. The number of nitrogens with zero attached hydrogens (tertiary/aromatic N) is 5. The zero-order chi connectivity index (χ0) is 23.7. The number of aryl methyl sites for hydroxylation is 1. The van der Waals surface area contributed by atoms with E-state index < -0.39 is 10.0 Å². The number of aromatic nitrogens is 2. The number of sulfonamides is 1. The average molecular weight is 480 g/mol.